The Morgan fingerprint density at radius 1 is 0.897 bits per heavy atom. The van der Waals surface area contributed by atoms with E-state index in [1.54, 1.807) is 54.6 Å². The van der Waals surface area contributed by atoms with Crippen LogP contribution in [0.1, 0.15) is 10.4 Å². The lowest BCUT2D eigenvalue weighted by atomic mass is 10.2. The molecule has 3 aromatic rings. The minimum Gasteiger partial charge on any atom is -0.496 e. The van der Waals surface area contributed by atoms with Crippen molar-refractivity contribution in [1.29, 1.82) is 0 Å². The SMILES string of the molecule is COc1ccc(Br)cc1C(=O)Nc1cccc(NC(=O)COc2ccccc2)c1. The number of rotatable bonds is 7. The van der Waals surface area contributed by atoms with Gasteiger partial charge in [0.05, 0.1) is 12.7 Å². The van der Waals surface area contributed by atoms with Gasteiger partial charge >= 0.3 is 0 Å². The highest BCUT2D eigenvalue weighted by Crippen LogP contribution is 2.24. The lowest BCUT2D eigenvalue weighted by Gasteiger charge is -2.11. The Labute approximate surface area is 177 Å². The van der Waals surface area contributed by atoms with E-state index < -0.39 is 0 Å². The lowest BCUT2D eigenvalue weighted by molar-refractivity contribution is -0.118. The average Bonchev–Trinajstić information content (AvgIpc) is 2.73. The zero-order valence-corrected chi connectivity index (χ0v) is 17.2. The van der Waals surface area contributed by atoms with Crippen molar-refractivity contribution in [3.63, 3.8) is 0 Å². The standard InChI is InChI=1S/C22H19BrN2O4/c1-28-20-11-10-15(23)12-19(20)22(27)25-17-7-5-6-16(13-17)24-21(26)14-29-18-8-3-2-4-9-18/h2-13H,14H2,1H3,(H,24,26)(H,25,27). The van der Waals surface area contributed by atoms with E-state index in [2.05, 4.69) is 26.6 Å². The van der Waals surface area contributed by atoms with Crippen molar-refractivity contribution >= 4 is 39.1 Å². The molecule has 0 aromatic heterocycles. The first kappa shape index (κ1) is 20.4. The van der Waals surface area contributed by atoms with Crippen LogP contribution in [0.25, 0.3) is 0 Å². The number of amides is 2. The van der Waals surface area contributed by atoms with E-state index in [-0.39, 0.29) is 18.4 Å². The second-order valence-corrected chi connectivity index (χ2v) is 6.95. The molecule has 2 amide bonds. The van der Waals surface area contributed by atoms with E-state index in [9.17, 15) is 9.59 Å². The van der Waals surface area contributed by atoms with Gasteiger partial charge in [-0.25, -0.2) is 0 Å². The fourth-order valence-corrected chi connectivity index (χ4v) is 2.95. The Bertz CT molecular complexity index is 1010. The van der Waals surface area contributed by atoms with E-state index in [1.807, 2.05) is 18.2 Å². The summed E-state index contributed by atoms with van der Waals surface area (Å²) in [6.07, 6.45) is 0. The van der Waals surface area contributed by atoms with Gasteiger partial charge in [-0.1, -0.05) is 40.2 Å². The summed E-state index contributed by atoms with van der Waals surface area (Å²) in [5, 5.41) is 5.56. The maximum atomic E-state index is 12.6. The fraction of sp³-hybridized carbons (Fsp3) is 0.0909. The van der Waals surface area contributed by atoms with Crippen molar-refractivity contribution in [3.8, 4) is 11.5 Å². The molecule has 0 fully saturated rings. The molecule has 0 spiro atoms. The number of anilines is 2. The number of methoxy groups -OCH3 is 1. The van der Waals surface area contributed by atoms with Crippen molar-refractivity contribution < 1.29 is 19.1 Å². The van der Waals surface area contributed by atoms with Crippen molar-refractivity contribution in [2.24, 2.45) is 0 Å². The van der Waals surface area contributed by atoms with Gasteiger partial charge in [-0.05, 0) is 48.5 Å². The second kappa shape index (κ2) is 9.75. The molecule has 0 radical (unpaired) electrons. The van der Waals surface area contributed by atoms with Crippen LogP contribution in [-0.2, 0) is 4.79 Å². The zero-order chi connectivity index (χ0) is 20.6. The fourth-order valence-electron chi connectivity index (χ4n) is 2.59. The van der Waals surface area contributed by atoms with Crippen LogP contribution in [0.5, 0.6) is 11.5 Å². The average molecular weight is 455 g/mol. The van der Waals surface area contributed by atoms with E-state index in [0.29, 0.717) is 28.4 Å². The minimum absolute atomic E-state index is 0.115. The molecule has 7 heteroatoms. The number of ether oxygens (including phenoxy) is 2. The van der Waals surface area contributed by atoms with Crippen molar-refractivity contribution in [3.05, 3.63) is 82.8 Å². The molecular formula is C22H19BrN2O4. The summed E-state index contributed by atoms with van der Waals surface area (Å²) >= 11 is 3.35. The van der Waals surface area contributed by atoms with Crippen LogP contribution in [-0.4, -0.2) is 25.5 Å². The third kappa shape index (κ3) is 5.83. The number of para-hydroxylation sites is 1. The largest absolute Gasteiger partial charge is 0.496 e. The number of hydrogen-bond acceptors (Lipinski definition) is 4. The molecule has 0 bridgehead atoms. The Morgan fingerprint density at radius 2 is 1.62 bits per heavy atom. The number of hydrogen-bond donors (Lipinski definition) is 2. The summed E-state index contributed by atoms with van der Waals surface area (Å²) in [4.78, 5) is 24.7. The van der Waals surface area contributed by atoms with Gasteiger partial charge in [-0.15, -0.1) is 0 Å². The highest BCUT2D eigenvalue weighted by Gasteiger charge is 2.13. The van der Waals surface area contributed by atoms with E-state index in [4.69, 9.17) is 9.47 Å². The minimum atomic E-state index is -0.320. The summed E-state index contributed by atoms with van der Waals surface area (Å²) in [7, 11) is 1.51. The van der Waals surface area contributed by atoms with E-state index >= 15 is 0 Å². The third-order valence-corrected chi connectivity index (χ3v) is 4.42. The summed E-state index contributed by atoms with van der Waals surface area (Å²) in [5.74, 6) is 0.463. The van der Waals surface area contributed by atoms with Crippen LogP contribution in [0.2, 0.25) is 0 Å². The Balaban J connectivity index is 1.63. The topological polar surface area (TPSA) is 76.7 Å². The number of nitrogens with one attached hydrogen (secondary N) is 2. The molecule has 29 heavy (non-hydrogen) atoms. The van der Waals surface area contributed by atoms with Gasteiger partial charge in [0.1, 0.15) is 11.5 Å². The highest BCUT2D eigenvalue weighted by molar-refractivity contribution is 9.10. The smallest absolute Gasteiger partial charge is 0.262 e. The Hall–Kier alpha value is -3.32. The third-order valence-electron chi connectivity index (χ3n) is 3.92. The summed E-state index contributed by atoms with van der Waals surface area (Å²) < 4.78 is 11.4. The normalized spacial score (nSPS) is 10.1. The molecule has 0 saturated heterocycles. The molecule has 0 aliphatic rings. The number of benzene rings is 3. The molecule has 3 rings (SSSR count). The van der Waals surface area contributed by atoms with Crippen LogP contribution in [0.3, 0.4) is 0 Å². The predicted octanol–water partition coefficient (Wildman–Crippen LogP) is 4.73. The quantitative estimate of drug-likeness (QED) is 0.540. The summed E-state index contributed by atoms with van der Waals surface area (Å²) in [5.41, 5.74) is 1.48. The molecule has 2 N–H and O–H groups in total. The van der Waals surface area contributed by atoms with Gasteiger partial charge in [0.2, 0.25) is 0 Å². The molecule has 0 heterocycles. The maximum absolute atomic E-state index is 12.6. The van der Waals surface area contributed by atoms with Gasteiger partial charge in [0, 0.05) is 15.8 Å². The first-order chi connectivity index (χ1) is 14.0. The highest BCUT2D eigenvalue weighted by atomic mass is 79.9. The van der Waals surface area contributed by atoms with E-state index in [1.165, 1.54) is 7.11 Å². The second-order valence-electron chi connectivity index (χ2n) is 6.03. The van der Waals surface area contributed by atoms with Gasteiger partial charge in [0.15, 0.2) is 6.61 Å². The Kier molecular flexibility index (Phi) is 6.86. The van der Waals surface area contributed by atoms with Gasteiger partial charge < -0.3 is 20.1 Å². The van der Waals surface area contributed by atoms with Crippen LogP contribution in [0.15, 0.2) is 77.3 Å². The first-order valence-electron chi connectivity index (χ1n) is 8.78. The van der Waals surface area contributed by atoms with Crippen LogP contribution < -0.4 is 20.1 Å². The predicted molar refractivity (Wildman–Crippen MR) is 116 cm³/mol. The summed E-state index contributed by atoms with van der Waals surface area (Å²) in [6.45, 7) is -0.115. The number of carbonyl (C=O) groups is 2. The molecule has 0 saturated carbocycles. The van der Waals surface area contributed by atoms with Crippen LogP contribution in [0, 0.1) is 0 Å². The molecular weight excluding hydrogens is 436 g/mol. The van der Waals surface area contributed by atoms with Crippen LogP contribution in [0.4, 0.5) is 11.4 Å². The van der Waals surface area contributed by atoms with Gasteiger partial charge in [-0.3, -0.25) is 9.59 Å². The van der Waals surface area contributed by atoms with Crippen molar-refractivity contribution in [2.45, 2.75) is 0 Å². The van der Waals surface area contributed by atoms with Crippen LogP contribution >= 0.6 is 15.9 Å². The number of carbonyl (C=O) groups excluding carboxylic acids is 2. The Morgan fingerprint density at radius 3 is 2.34 bits per heavy atom. The maximum Gasteiger partial charge on any atom is 0.262 e. The molecule has 0 aliphatic carbocycles. The van der Waals surface area contributed by atoms with Crippen molar-refractivity contribution in [1.82, 2.24) is 0 Å². The van der Waals surface area contributed by atoms with Crippen molar-refractivity contribution in [2.75, 3.05) is 24.4 Å². The molecule has 0 atom stereocenters. The molecule has 6 nitrogen and oxygen atoms in total. The molecule has 3 aromatic carbocycles. The van der Waals surface area contributed by atoms with Gasteiger partial charge in [0.25, 0.3) is 11.8 Å². The molecule has 0 unspecified atom stereocenters. The summed E-state index contributed by atoms with van der Waals surface area (Å²) in [6, 6.07) is 21.2. The number of halogens is 1. The van der Waals surface area contributed by atoms with E-state index in [0.717, 1.165) is 4.47 Å². The molecule has 0 aliphatic heterocycles. The molecule has 148 valence electrons. The lowest BCUT2D eigenvalue weighted by Crippen LogP contribution is -2.20. The van der Waals surface area contributed by atoms with Gasteiger partial charge in [-0.2, -0.15) is 0 Å². The zero-order valence-electron chi connectivity index (χ0n) is 15.6. The first-order valence-corrected chi connectivity index (χ1v) is 9.57. The monoisotopic (exact) mass is 454 g/mol.